The summed E-state index contributed by atoms with van der Waals surface area (Å²) in [6.07, 6.45) is 1.55. The van der Waals surface area contributed by atoms with Gasteiger partial charge in [-0.1, -0.05) is 36.4 Å². The summed E-state index contributed by atoms with van der Waals surface area (Å²) in [7, 11) is 3.90. The Labute approximate surface area is 205 Å². The predicted octanol–water partition coefficient (Wildman–Crippen LogP) is 3.28. The Bertz CT molecular complexity index is 1330. The van der Waals surface area contributed by atoms with E-state index in [1.165, 1.54) is 21.3 Å². The normalized spacial score (nSPS) is 11.7. The molecular formula is C26H26N2O6S. The van der Waals surface area contributed by atoms with Crippen molar-refractivity contribution < 1.29 is 24.1 Å². The zero-order valence-electron chi connectivity index (χ0n) is 19.7. The standard InChI is InChI=1S/C26H26N2O6S/c1-31-20-14-18(15-21(32-2)23(20)33-3)34-12-13-35(16-17-8-5-4-6-9-17)24-22(29)19-10-7-11-27-25(19)28-26(24)30/h4-11,14-15H,12-13,16H2,1-3H3,(H-,27,28,29,30). The maximum Gasteiger partial charge on any atom is 0.304 e. The summed E-state index contributed by atoms with van der Waals surface area (Å²) in [6.45, 7) is 0.276. The van der Waals surface area contributed by atoms with E-state index in [0.717, 1.165) is 5.56 Å². The highest BCUT2D eigenvalue weighted by Crippen LogP contribution is 2.40. The topological polar surface area (TPSA) is 106 Å². The number of methoxy groups -OCH3 is 3. The summed E-state index contributed by atoms with van der Waals surface area (Å²) in [5, 5.41) is 13.7. The SMILES string of the molecule is COc1cc(OCC[S+](Cc2ccccc2)c2c([O-])c3cccnc3[nH]c2=O)cc(OC)c1OC. The molecule has 0 aliphatic rings. The molecule has 0 aliphatic carbocycles. The van der Waals surface area contributed by atoms with E-state index in [4.69, 9.17) is 18.9 Å². The number of aromatic amines is 1. The average molecular weight is 495 g/mol. The van der Waals surface area contributed by atoms with Crippen LogP contribution in [0.5, 0.6) is 28.7 Å². The Hall–Kier alpha value is -3.85. The second-order valence-corrected chi connectivity index (χ2v) is 9.64. The van der Waals surface area contributed by atoms with Crippen molar-refractivity contribution in [1.29, 1.82) is 0 Å². The lowest BCUT2D eigenvalue weighted by atomic mass is 10.2. The molecule has 8 nitrogen and oxygen atoms in total. The Morgan fingerprint density at radius 3 is 2.34 bits per heavy atom. The first-order valence-corrected chi connectivity index (χ1v) is 12.4. The van der Waals surface area contributed by atoms with Crippen LogP contribution < -0.4 is 29.6 Å². The largest absolute Gasteiger partial charge is 0.868 e. The fourth-order valence-electron chi connectivity index (χ4n) is 3.76. The van der Waals surface area contributed by atoms with E-state index in [2.05, 4.69) is 9.97 Å². The van der Waals surface area contributed by atoms with Crippen molar-refractivity contribution in [3.05, 3.63) is 76.7 Å². The third-order valence-corrected chi connectivity index (χ3v) is 7.70. The van der Waals surface area contributed by atoms with Crippen LogP contribution in [0.1, 0.15) is 5.56 Å². The molecule has 2 heterocycles. The van der Waals surface area contributed by atoms with E-state index < -0.39 is 16.5 Å². The van der Waals surface area contributed by atoms with E-state index >= 15 is 0 Å². The number of hydrogen-bond acceptors (Lipinski definition) is 7. The molecule has 1 unspecified atom stereocenters. The molecule has 4 rings (SSSR count). The van der Waals surface area contributed by atoms with Crippen LogP contribution >= 0.6 is 0 Å². The number of aromatic nitrogens is 2. The van der Waals surface area contributed by atoms with Gasteiger partial charge < -0.3 is 29.0 Å². The van der Waals surface area contributed by atoms with Gasteiger partial charge in [-0.3, -0.25) is 4.79 Å². The lowest BCUT2D eigenvalue weighted by Crippen LogP contribution is -2.26. The molecule has 35 heavy (non-hydrogen) atoms. The number of nitrogens with one attached hydrogen (secondary N) is 1. The Kier molecular flexibility index (Phi) is 7.67. The Balaban J connectivity index is 1.63. The van der Waals surface area contributed by atoms with Crippen molar-refractivity contribution in [1.82, 2.24) is 9.97 Å². The van der Waals surface area contributed by atoms with Gasteiger partial charge in [-0.2, -0.15) is 0 Å². The van der Waals surface area contributed by atoms with Crippen molar-refractivity contribution in [2.24, 2.45) is 0 Å². The van der Waals surface area contributed by atoms with Gasteiger partial charge in [-0.15, -0.1) is 0 Å². The molecule has 9 heteroatoms. The number of nitrogens with zero attached hydrogens (tertiary/aromatic N) is 1. The number of fused-ring (bicyclic) bond motifs is 1. The fourth-order valence-corrected chi connectivity index (χ4v) is 5.82. The number of rotatable bonds is 10. The predicted molar refractivity (Wildman–Crippen MR) is 134 cm³/mol. The molecule has 2 aromatic heterocycles. The molecule has 1 atom stereocenters. The van der Waals surface area contributed by atoms with Crippen LogP contribution in [-0.4, -0.2) is 43.7 Å². The summed E-state index contributed by atoms with van der Waals surface area (Å²) in [5.41, 5.74) is 0.921. The van der Waals surface area contributed by atoms with Gasteiger partial charge >= 0.3 is 5.56 Å². The minimum Gasteiger partial charge on any atom is -0.868 e. The van der Waals surface area contributed by atoms with Gasteiger partial charge in [0, 0.05) is 40.2 Å². The monoisotopic (exact) mass is 494 g/mol. The molecule has 0 bridgehead atoms. The van der Waals surface area contributed by atoms with E-state index in [1.807, 2.05) is 30.3 Å². The second kappa shape index (κ2) is 11.1. The highest BCUT2D eigenvalue weighted by Gasteiger charge is 2.28. The zero-order chi connectivity index (χ0) is 24.8. The minimum atomic E-state index is -0.708. The Morgan fingerprint density at radius 2 is 1.69 bits per heavy atom. The lowest BCUT2D eigenvalue weighted by molar-refractivity contribution is -0.270. The van der Waals surface area contributed by atoms with Crippen molar-refractivity contribution in [2.75, 3.05) is 33.7 Å². The van der Waals surface area contributed by atoms with Crippen molar-refractivity contribution in [3.63, 3.8) is 0 Å². The summed E-state index contributed by atoms with van der Waals surface area (Å²) in [6, 6.07) is 16.6. The van der Waals surface area contributed by atoms with Gasteiger partial charge in [-0.05, 0) is 11.8 Å². The van der Waals surface area contributed by atoms with Crippen LogP contribution in [-0.2, 0) is 16.6 Å². The number of benzene rings is 2. The van der Waals surface area contributed by atoms with Crippen LogP contribution in [0.2, 0.25) is 0 Å². The van der Waals surface area contributed by atoms with Gasteiger partial charge in [0.1, 0.15) is 29.5 Å². The quantitative estimate of drug-likeness (QED) is 0.337. The van der Waals surface area contributed by atoms with Crippen LogP contribution in [0, 0.1) is 0 Å². The first-order chi connectivity index (χ1) is 17.0. The van der Waals surface area contributed by atoms with Gasteiger partial charge in [0.15, 0.2) is 11.5 Å². The van der Waals surface area contributed by atoms with E-state index in [0.29, 0.717) is 45.5 Å². The van der Waals surface area contributed by atoms with Crippen molar-refractivity contribution >= 4 is 21.9 Å². The first kappa shape index (κ1) is 24.3. The molecule has 0 saturated heterocycles. The number of H-pyrrole nitrogens is 1. The van der Waals surface area contributed by atoms with Gasteiger partial charge in [0.05, 0.1) is 21.3 Å². The highest BCUT2D eigenvalue weighted by atomic mass is 32.2. The van der Waals surface area contributed by atoms with Gasteiger partial charge in [-0.25, -0.2) is 4.98 Å². The van der Waals surface area contributed by atoms with Crippen LogP contribution in [0.4, 0.5) is 0 Å². The van der Waals surface area contributed by atoms with Crippen molar-refractivity contribution in [3.8, 4) is 28.7 Å². The smallest absolute Gasteiger partial charge is 0.304 e. The molecule has 0 aliphatic heterocycles. The third kappa shape index (κ3) is 5.30. The summed E-state index contributed by atoms with van der Waals surface area (Å²) in [4.78, 5) is 20.1. The Morgan fingerprint density at radius 1 is 0.971 bits per heavy atom. The molecule has 0 saturated carbocycles. The van der Waals surface area contributed by atoms with E-state index in [9.17, 15) is 9.90 Å². The minimum absolute atomic E-state index is 0.239. The molecule has 182 valence electrons. The van der Waals surface area contributed by atoms with Gasteiger partial charge in [0.2, 0.25) is 10.6 Å². The average Bonchev–Trinajstić information content (AvgIpc) is 2.88. The molecule has 2 aromatic carbocycles. The molecule has 4 aromatic rings. The number of hydrogen-bond donors (Lipinski definition) is 1. The molecule has 0 fully saturated rings. The lowest BCUT2D eigenvalue weighted by Gasteiger charge is -2.17. The maximum atomic E-state index is 13.3. The summed E-state index contributed by atoms with van der Waals surface area (Å²) in [5.74, 6) is 2.68. The number of ether oxygens (including phenoxy) is 4. The number of pyridine rings is 2. The second-order valence-electron chi connectivity index (χ2n) is 7.55. The van der Waals surface area contributed by atoms with E-state index in [-0.39, 0.29) is 17.3 Å². The molecule has 0 radical (unpaired) electrons. The molecular weight excluding hydrogens is 468 g/mol. The molecule has 0 amide bonds. The van der Waals surface area contributed by atoms with Crippen molar-refractivity contribution in [2.45, 2.75) is 10.6 Å². The zero-order valence-corrected chi connectivity index (χ0v) is 20.5. The van der Waals surface area contributed by atoms with E-state index in [1.54, 1.807) is 30.5 Å². The summed E-state index contributed by atoms with van der Waals surface area (Å²) < 4.78 is 22.2. The van der Waals surface area contributed by atoms with Crippen LogP contribution in [0.15, 0.2) is 70.5 Å². The fraction of sp³-hybridized carbons (Fsp3) is 0.231. The first-order valence-electron chi connectivity index (χ1n) is 10.9. The maximum absolute atomic E-state index is 13.3. The van der Waals surface area contributed by atoms with Crippen LogP contribution in [0.25, 0.3) is 11.0 Å². The highest BCUT2D eigenvalue weighted by molar-refractivity contribution is 7.96. The van der Waals surface area contributed by atoms with Gasteiger partial charge in [0.25, 0.3) is 0 Å². The molecule has 1 N–H and O–H groups in total. The summed E-state index contributed by atoms with van der Waals surface area (Å²) >= 11 is 0. The van der Waals surface area contributed by atoms with Crippen LogP contribution in [0.3, 0.4) is 0 Å². The molecule has 0 spiro atoms. The third-order valence-electron chi connectivity index (χ3n) is 5.41.